The monoisotopic (exact) mass is 774 g/mol. The highest BCUT2D eigenvalue weighted by Crippen LogP contribution is 2.71. The van der Waals surface area contributed by atoms with Crippen LogP contribution in [-0.4, -0.2) is 119 Å². The lowest BCUT2D eigenvalue weighted by molar-refractivity contribution is -0.382. The Bertz CT molecular complexity index is 1400. The van der Waals surface area contributed by atoms with Crippen LogP contribution >= 0.6 is 0 Å². The zero-order chi connectivity index (χ0) is 39.2. The minimum absolute atomic E-state index is 0.0204. The number of halogens is 16. The smallest absolute Gasteiger partial charge is 0.312 e. The van der Waals surface area contributed by atoms with Crippen molar-refractivity contribution in [3.8, 4) is 0 Å². The van der Waals surface area contributed by atoms with E-state index in [1.807, 2.05) is 0 Å². The summed E-state index contributed by atoms with van der Waals surface area (Å²) in [6.45, 7) is 6.61. The van der Waals surface area contributed by atoms with Crippen LogP contribution < -0.4 is 0 Å². The highest BCUT2D eigenvalue weighted by Gasteiger charge is 2.96. The van der Waals surface area contributed by atoms with Crippen LogP contribution in [0.2, 0.25) is 0 Å². The Kier molecular flexibility index (Phi) is 8.77. The second-order valence-corrected chi connectivity index (χ2v) is 15.4. The molecule has 0 aromatic heterocycles. The van der Waals surface area contributed by atoms with E-state index in [2.05, 4.69) is 9.47 Å². The Balaban J connectivity index is 0.000000198. The minimum atomic E-state index is -4.52. The fraction of sp³-hybridized carbons (Fsp3) is 0.935. The molecule has 0 aromatic carbocycles. The van der Waals surface area contributed by atoms with Crippen molar-refractivity contribution < 1.29 is 89.3 Å². The molecule has 0 spiro atoms. The summed E-state index contributed by atoms with van der Waals surface area (Å²) in [5, 5.41) is 0. The van der Waals surface area contributed by atoms with Crippen molar-refractivity contribution in [3.63, 3.8) is 0 Å². The van der Waals surface area contributed by atoms with Crippen LogP contribution in [0, 0.1) is 11.3 Å². The highest BCUT2D eigenvalue weighted by atomic mass is 19.2. The Labute approximate surface area is 280 Å². The van der Waals surface area contributed by atoms with Gasteiger partial charge in [0.1, 0.15) is 0 Å². The molecular formula is C31H34F16O4. The van der Waals surface area contributed by atoms with E-state index in [0.717, 1.165) is 0 Å². The van der Waals surface area contributed by atoms with Crippen molar-refractivity contribution in [2.45, 2.75) is 167 Å². The molecule has 0 N–H and O–H groups in total. The molecule has 8 bridgehead atoms. The van der Waals surface area contributed by atoms with Gasteiger partial charge in [-0.2, -0.15) is 0 Å². The molecule has 0 saturated heterocycles. The van der Waals surface area contributed by atoms with Crippen LogP contribution in [0.25, 0.3) is 0 Å². The molecule has 51 heavy (non-hydrogen) atoms. The SMILES string of the molecule is CCC(C)(C)C(=O)OC12C(F)C3(F)CC(F)(C(F)C(F)(C3F)C1F)C2F.CCC(C)C(=O)OC12C(F)C3(F)CC(F)(C(F)C(F)(C3F)C1F)C2F. The lowest BCUT2D eigenvalue weighted by Gasteiger charge is -2.67. The van der Waals surface area contributed by atoms with E-state index in [9.17, 15) is 79.8 Å². The molecule has 8 rings (SSSR count). The van der Waals surface area contributed by atoms with Gasteiger partial charge in [0, 0.05) is 12.8 Å². The van der Waals surface area contributed by atoms with E-state index >= 15 is 0 Å². The lowest BCUT2D eigenvalue weighted by atomic mass is 9.46. The zero-order valence-corrected chi connectivity index (χ0v) is 27.4. The second-order valence-electron chi connectivity index (χ2n) is 15.4. The van der Waals surface area contributed by atoms with Gasteiger partial charge in [0.15, 0.2) is 84.4 Å². The first-order valence-corrected chi connectivity index (χ1v) is 16.0. The third-order valence-corrected chi connectivity index (χ3v) is 12.2. The molecule has 8 aliphatic carbocycles. The maximum Gasteiger partial charge on any atom is 0.312 e. The maximum atomic E-state index is 14.8. The van der Waals surface area contributed by atoms with Crippen molar-refractivity contribution in [1.29, 1.82) is 0 Å². The van der Waals surface area contributed by atoms with Gasteiger partial charge in [-0.15, -0.1) is 0 Å². The standard InChI is InChI=1S/C16H18F8O2.C15H16F8O2/c1-4-12(2,3)11(25)26-16-8(19)13(22)5-14(23,9(16)20)7(18)15(24,6(13)17)10(16)21;1-3-5(2)6(24)25-15-9(18)12(21)4-13(22,10(15)19)8(17)14(23,7(12)16)11(15)20/h6-10H,4-5H2,1-3H3;5,7-11H,3-4H2,1-2H3. The largest absolute Gasteiger partial charge is 0.449 e. The van der Waals surface area contributed by atoms with Gasteiger partial charge in [-0.05, 0) is 26.7 Å². The summed E-state index contributed by atoms with van der Waals surface area (Å²) in [6.07, 6.45) is -40.5. The minimum Gasteiger partial charge on any atom is -0.449 e. The van der Waals surface area contributed by atoms with E-state index in [0.29, 0.717) is 0 Å². The average molecular weight is 775 g/mol. The summed E-state index contributed by atoms with van der Waals surface area (Å²) in [7, 11) is 0. The normalized spacial score (nSPS) is 57.0. The Hall–Kier alpha value is -2.18. The van der Waals surface area contributed by atoms with Crippen molar-refractivity contribution in [1.82, 2.24) is 0 Å². The molecule has 8 fully saturated rings. The predicted molar refractivity (Wildman–Crippen MR) is 142 cm³/mol. The second kappa shape index (κ2) is 11.2. The molecule has 4 nitrogen and oxygen atoms in total. The van der Waals surface area contributed by atoms with Crippen LogP contribution in [0.5, 0.6) is 0 Å². The summed E-state index contributed by atoms with van der Waals surface area (Å²) in [5.41, 5.74) is -34.7. The third kappa shape index (κ3) is 4.19. The maximum absolute atomic E-state index is 14.8. The number of esters is 2. The van der Waals surface area contributed by atoms with Gasteiger partial charge in [0.2, 0.25) is 22.5 Å². The zero-order valence-electron chi connectivity index (χ0n) is 27.4. The van der Waals surface area contributed by atoms with Gasteiger partial charge >= 0.3 is 11.9 Å². The molecule has 294 valence electrons. The summed E-state index contributed by atoms with van der Waals surface area (Å²) in [4.78, 5) is 24.1. The fourth-order valence-electron chi connectivity index (χ4n) is 8.46. The van der Waals surface area contributed by atoms with Gasteiger partial charge in [0.05, 0.1) is 11.3 Å². The number of ether oxygens (including phenoxy) is 2. The van der Waals surface area contributed by atoms with Gasteiger partial charge in [-0.1, -0.05) is 20.8 Å². The summed E-state index contributed by atoms with van der Waals surface area (Å²) in [5.74, 6) is -3.97. The van der Waals surface area contributed by atoms with Crippen LogP contribution in [0.1, 0.15) is 60.3 Å². The van der Waals surface area contributed by atoms with E-state index in [-0.39, 0.29) is 12.8 Å². The molecule has 8 aliphatic rings. The van der Waals surface area contributed by atoms with Crippen molar-refractivity contribution in [2.24, 2.45) is 11.3 Å². The Morgan fingerprint density at radius 3 is 1.14 bits per heavy atom. The highest BCUT2D eigenvalue weighted by molar-refractivity contribution is 5.77. The van der Waals surface area contributed by atoms with Crippen LogP contribution in [0.3, 0.4) is 0 Å². The molecule has 0 heterocycles. The molecule has 15 unspecified atom stereocenters. The molecular weight excluding hydrogens is 740 g/mol. The number of hydrogen-bond acceptors (Lipinski definition) is 4. The van der Waals surface area contributed by atoms with E-state index in [4.69, 9.17) is 0 Å². The molecule has 8 saturated carbocycles. The van der Waals surface area contributed by atoms with E-state index in [1.165, 1.54) is 34.6 Å². The quantitative estimate of drug-likeness (QED) is 0.207. The number of rotatable bonds is 6. The number of carbonyl (C=O) groups excluding carboxylic acids is 2. The van der Waals surface area contributed by atoms with Gasteiger partial charge in [-0.25, -0.2) is 70.2 Å². The van der Waals surface area contributed by atoms with Gasteiger partial charge < -0.3 is 9.47 Å². The molecule has 20 heteroatoms. The lowest BCUT2D eigenvalue weighted by Crippen LogP contribution is -2.93. The van der Waals surface area contributed by atoms with Crippen LogP contribution in [0.4, 0.5) is 70.2 Å². The molecule has 0 aliphatic heterocycles. The van der Waals surface area contributed by atoms with Gasteiger partial charge in [-0.3, -0.25) is 9.59 Å². The predicted octanol–water partition coefficient (Wildman–Crippen LogP) is 7.51. The number of hydrogen-bond donors (Lipinski definition) is 0. The number of carbonyl (C=O) groups is 2. The summed E-state index contributed by atoms with van der Waals surface area (Å²) in [6, 6.07) is 0. The van der Waals surface area contributed by atoms with E-state index in [1.54, 1.807) is 0 Å². The van der Waals surface area contributed by atoms with Crippen molar-refractivity contribution in [2.75, 3.05) is 0 Å². The Morgan fingerprint density at radius 1 is 0.569 bits per heavy atom. The van der Waals surface area contributed by atoms with Gasteiger partial charge in [0.25, 0.3) is 0 Å². The molecule has 0 aromatic rings. The average Bonchev–Trinajstić information content (AvgIpc) is 3.08. The van der Waals surface area contributed by atoms with Crippen LogP contribution in [-0.2, 0) is 19.1 Å². The molecule has 0 amide bonds. The fourth-order valence-corrected chi connectivity index (χ4v) is 8.46. The first-order valence-electron chi connectivity index (χ1n) is 16.0. The number of alkyl halides is 16. The first-order chi connectivity index (χ1) is 23.0. The summed E-state index contributed by atoms with van der Waals surface area (Å²) < 4.78 is 243. The Morgan fingerprint density at radius 2 is 0.863 bits per heavy atom. The van der Waals surface area contributed by atoms with Crippen molar-refractivity contribution in [3.05, 3.63) is 0 Å². The third-order valence-electron chi connectivity index (χ3n) is 12.2. The topological polar surface area (TPSA) is 52.6 Å². The first kappa shape index (κ1) is 40.0. The molecule has 0 radical (unpaired) electrons. The van der Waals surface area contributed by atoms with Crippen molar-refractivity contribution >= 4 is 11.9 Å². The summed E-state index contributed by atoms with van der Waals surface area (Å²) >= 11 is 0. The van der Waals surface area contributed by atoms with Crippen LogP contribution in [0.15, 0.2) is 0 Å². The molecule has 15 atom stereocenters. The van der Waals surface area contributed by atoms with E-state index < -0.39 is 143 Å².